The molecule has 2 rings (SSSR count). The first-order valence-electron chi connectivity index (χ1n) is 6.79. The summed E-state index contributed by atoms with van der Waals surface area (Å²) in [4.78, 5) is 11.5. The molecule has 0 aliphatic carbocycles. The molecular formula is C16H17ClN2O3. The van der Waals surface area contributed by atoms with Crippen LogP contribution in [0.1, 0.15) is 12.5 Å². The highest BCUT2D eigenvalue weighted by atomic mass is 35.5. The van der Waals surface area contributed by atoms with Crippen LogP contribution in [0.3, 0.4) is 0 Å². The minimum atomic E-state index is -0.602. The molecule has 0 saturated carbocycles. The van der Waals surface area contributed by atoms with Crippen molar-refractivity contribution in [3.63, 3.8) is 0 Å². The minimum absolute atomic E-state index is 0.271. The molecule has 116 valence electrons. The van der Waals surface area contributed by atoms with Gasteiger partial charge in [-0.1, -0.05) is 23.7 Å². The third kappa shape index (κ3) is 4.38. The zero-order valence-corrected chi connectivity index (χ0v) is 12.9. The molecule has 0 aliphatic heterocycles. The largest absolute Gasteiger partial charge is 0.489 e. The van der Waals surface area contributed by atoms with Crippen LogP contribution in [0.4, 0.5) is 10.5 Å². The van der Waals surface area contributed by atoms with Crippen molar-refractivity contribution in [1.82, 2.24) is 0 Å². The van der Waals surface area contributed by atoms with Crippen LogP contribution in [0, 0.1) is 0 Å². The Morgan fingerprint density at radius 3 is 2.59 bits per heavy atom. The van der Waals surface area contributed by atoms with E-state index in [1.165, 1.54) is 0 Å². The maximum absolute atomic E-state index is 11.5. The summed E-state index contributed by atoms with van der Waals surface area (Å²) in [7, 11) is 0. The number of ether oxygens (including phenoxy) is 2. The van der Waals surface area contributed by atoms with Gasteiger partial charge in [-0.05, 0) is 48.9 Å². The van der Waals surface area contributed by atoms with E-state index in [4.69, 9.17) is 26.9 Å². The summed E-state index contributed by atoms with van der Waals surface area (Å²) >= 11 is 5.92. The smallest absolute Gasteiger partial charge is 0.428 e. The molecule has 0 unspecified atom stereocenters. The molecule has 0 fully saturated rings. The molecule has 1 amide bonds. The quantitative estimate of drug-likeness (QED) is 0.517. The maximum atomic E-state index is 11.5. The standard InChI is InChI=1S/C16H17ClN2O3/c1-2-21-16(20)19(18)14-6-8-15(9-7-14)22-11-12-4-3-5-13(17)10-12/h3-10H,2,11,18H2,1H3. The van der Waals surface area contributed by atoms with Crippen molar-refractivity contribution < 1.29 is 14.3 Å². The number of anilines is 1. The number of hydrogen-bond donors (Lipinski definition) is 1. The van der Waals surface area contributed by atoms with E-state index in [1.54, 1.807) is 31.2 Å². The Morgan fingerprint density at radius 1 is 1.23 bits per heavy atom. The van der Waals surface area contributed by atoms with Crippen LogP contribution < -0.4 is 15.6 Å². The lowest BCUT2D eigenvalue weighted by Crippen LogP contribution is -2.37. The van der Waals surface area contributed by atoms with E-state index >= 15 is 0 Å². The monoisotopic (exact) mass is 320 g/mol. The summed E-state index contributed by atoms with van der Waals surface area (Å²) in [6.45, 7) is 2.40. The molecule has 6 heteroatoms. The average Bonchev–Trinajstić information content (AvgIpc) is 2.53. The van der Waals surface area contributed by atoms with E-state index in [0.717, 1.165) is 10.6 Å². The Hall–Kier alpha value is -2.24. The number of hydrogen-bond acceptors (Lipinski definition) is 4. The minimum Gasteiger partial charge on any atom is -0.489 e. The third-order valence-corrected chi connectivity index (χ3v) is 3.11. The van der Waals surface area contributed by atoms with Crippen LogP contribution in [0.15, 0.2) is 48.5 Å². The fourth-order valence-electron chi connectivity index (χ4n) is 1.79. The summed E-state index contributed by atoms with van der Waals surface area (Å²) in [5.74, 6) is 6.33. The van der Waals surface area contributed by atoms with Gasteiger partial charge in [-0.2, -0.15) is 0 Å². The first-order chi connectivity index (χ1) is 10.6. The van der Waals surface area contributed by atoms with Crippen LogP contribution in [0.5, 0.6) is 5.75 Å². The van der Waals surface area contributed by atoms with E-state index in [9.17, 15) is 4.79 Å². The van der Waals surface area contributed by atoms with Gasteiger partial charge in [0.25, 0.3) is 0 Å². The van der Waals surface area contributed by atoms with E-state index in [2.05, 4.69) is 0 Å². The SMILES string of the molecule is CCOC(=O)N(N)c1ccc(OCc2cccc(Cl)c2)cc1. The van der Waals surface area contributed by atoms with Gasteiger partial charge in [-0.15, -0.1) is 0 Å². The number of nitrogens with two attached hydrogens (primary N) is 1. The molecule has 0 bridgehead atoms. The second kappa shape index (κ2) is 7.68. The highest BCUT2D eigenvalue weighted by Crippen LogP contribution is 2.20. The van der Waals surface area contributed by atoms with Crippen LogP contribution in [-0.4, -0.2) is 12.7 Å². The molecule has 0 aliphatic rings. The van der Waals surface area contributed by atoms with Gasteiger partial charge in [0.2, 0.25) is 0 Å². The van der Waals surface area contributed by atoms with Gasteiger partial charge in [0, 0.05) is 5.02 Å². The summed E-state index contributed by atoms with van der Waals surface area (Å²) in [6.07, 6.45) is -0.602. The van der Waals surface area contributed by atoms with Crippen molar-refractivity contribution in [2.24, 2.45) is 5.84 Å². The lowest BCUT2D eigenvalue weighted by Gasteiger charge is -2.16. The number of carbonyl (C=O) groups excluding carboxylic acids is 1. The van der Waals surface area contributed by atoms with Crippen molar-refractivity contribution >= 4 is 23.4 Å². The van der Waals surface area contributed by atoms with Gasteiger partial charge in [0.1, 0.15) is 12.4 Å². The maximum Gasteiger partial charge on any atom is 0.428 e. The highest BCUT2D eigenvalue weighted by Gasteiger charge is 2.12. The van der Waals surface area contributed by atoms with E-state index in [0.29, 0.717) is 23.1 Å². The van der Waals surface area contributed by atoms with Gasteiger partial charge in [-0.3, -0.25) is 0 Å². The van der Waals surface area contributed by atoms with Gasteiger partial charge in [0.05, 0.1) is 12.3 Å². The predicted octanol–water partition coefficient (Wildman–Crippen LogP) is 3.76. The van der Waals surface area contributed by atoms with E-state index in [-0.39, 0.29) is 6.61 Å². The zero-order chi connectivity index (χ0) is 15.9. The summed E-state index contributed by atoms with van der Waals surface area (Å²) < 4.78 is 10.5. The number of hydrazine groups is 1. The Morgan fingerprint density at radius 2 is 1.95 bits per heavy atom. The first kappa shape index (κ1) is 16.1. The van der Waals surface area contributed by atoms with Crippen LogP contribution in [-0.2, 0) is 11.3 Å². The fourth-order valence-corrected chi connectivity index (χ4v) is 2.01. The summed E-state index contributed by atoms with van der Waals surface area (Å²) in [6, 6.07) is 14.3. The van der Waals surface area contributed by atoms with Crippen molar-refractivity contribution in [2.75, 3.05) is 11.6 Å². The Balaban J connectivity index is 1.95. The van der Waals surface area contributed by atoms with Crippen LogP contribution in [0.2, 0.25) is 5.02 Å². The summed E-state index contributed by atoms with van der Waals surface area (Å²) in [5.41, 5.74) is 1.50. The third-order valence-electron chi connectivity index (χ3n) is 2.87. The highest BCUT2D eigenvalue weighted by molar-refractivity contribution is 6.30. The first-order valence-corrected chi connectivity index (χ1v) is 7.17. The molecule has 0 saturated heterocycles. The number of benzene rings is 2. The van der Waals surface area contributed by atoms with Crippen molar-refractivity contribution in [3.05, 3.63) is 59.1 Å². The number of amides is 1. The van der Waals surface area contributed by atoms with Gasteiger partial charge in [0.15, 0.2) is 0 Å². The Bertz CT molecular complexity index is 632. The number of carbonyl (C=O) groups is 1. The fraction of sp³-hybridized carbons (Fsp3) is 0.188. The Labute approximate surface area is 134 Å². The Kier molecular flexibility index (Phi) is 5.63. The molecule has 0 spiro atoms. The molecule has 2 aromatic rings. The van der Waals surface area contributed by atoms with E-state index < -0.39 is 6.09 Å². The second-order valence-corrected chi connectivity index (χ2v) is 4.92. The molecule has 22 heavy (non-hydrogen) atoms. The van der Waals surface area contributed by atoms with Crippen molar-refractivity contribution in [2.45, 2.75) is 13.5 Å². The molecule has 0 radical (unpaired) electrons. The second-order valence-electron chi connectivity index (χ2n) is 4.48. The molecule has 0 heterocycles. The number of halogens is 1. The molecule has 2 aromatic carbocycles. The molecule has 0 atom stereocenters. The van der Waals surface area contributed by atoms with Gasteiger partial charge < -0.3 is 9.47 Å². The molecule has 5 nitrogen and oxygen atoms in total. The van der Waals surface area contributed by atoms with Crippen molar-refractivity contribution in [3.8, 4) is 5.75 Å². The van der Waals surface area contributed by atoms with Gasteiger partial charge in [-0.25, -0.2) is 15.6 Å². The predicted molar refractivity (Wildman–Crippen MR) is 85.9 cm³/mol. The van der Waals surface area contributed by atoms with Gasteiger partial charge >= 0.3 is 6.09 Å². The lowest BCUT2D eigenvalue weighted by molar-refractivity contribution is 0.160. The summed E-state index contributed by atoms with van der Waals surface area (Å²) in [5, 5.41) is 1.62. The molecule has 0 aromatic heterocycles. The molecule has 2 N–H and O–H groups in total. The van der Waals surface area contributed by atoms with Crippen LogP contribution in [0.25, 0.3) is 0 Å². The number of rotatable bonds is 5. The van der Waals surface area contributed by atoms with E-state index in [1.807, 2.05) is 24.3 Å². The topological polar surface area (TPSA) is 64.8 Å². The number of nitrogens with zero attached hydrogens (tertiary/aromatic N) is 1. The average molecular weight is 321 g/mol. The van der Waals surface area contributed by atoms with Crippen LogP contribution >= 0.6 is 11.6 Å². The normalized spacial score (nSPS) is 10.1. The zero-order valence-electron chi connectivity index (χ0n) is 12.2. The van der Waals surface area contributed by atoms with Crippen molar-refractivity contribution in [1.29, 1.82) is 0 Å². The molecular weight excluding hydrogens is 304 g/mol. The lowest BCUT2D eigenvalue weighted by atomic mass is 10.2.